The van der Waals surface area contributed by atoms with Gasteiger partial charge in [-0.1, -0.05) is 86.1 Å². The standard InChI is InChI=1S/C29H26F2O/c1-3-5-20-6-8-21(9-7-20)22-10-12-23(13-11-22)24-14-16-25(17-15-24)26-18-19-27(32-4-2)29(31)28(26)30/h6-19H,3-5H2,1-2H3. The molecule has 1 nitrogen and oxygen atoms in total. The first-order valence-electron chi connectivity index (χ1n) is 11.0. The minimum atomic E-state index is -0.952. The second-order valence-corrected chi connectivity index (χ2v) is 7.77. The van der Waals surface area contributed by atoms with Gasteiger partial charge in [0, 0.05) is 5.56 Å². The third kappa shape index (κ3) is 4.57. The second-order valence-electron chi connectivity index (χ2n) is 7.77. The Bertz CT molecular complexity index is 1180. The van der Waals surface area contributed by atoms with Crippen LogP contribution in [0.3, 0.4) is 0 Å². The van der Waals surface area contributed by atoms with Crippen LogP contribution in [0, 0.1) is 11.6 Å². The zero-order valence-corrected chi connectivity index (χ0v) is 18.4. The highest BCUT2D eigenvalue weighted by Gasteiger charge is 2.15. The van der Waals surface area contributed by atoms with Crippen LogP contribution >= 0.6 is 0 Å². The molecule has 0 N–H and O–H groups in total. The van der Waals surface area contributed by atoms with Crippen molar-refractivity contribution in [2.24, 2.45) is 0 Å². The summed E-state index contributed by atoms with van der Waals surface area (Å²) in [6.45, 7) is 4.21. The number of hydrogen-bond donors (Lipinski definition) is 0. The average molecular weight is 429 g/mol. The number of ether oxygens (including phenoxy) is 1. The predicted molar refractivity (Wildman–Crippen MR) is 128 cm³/mol. The molecule has 4 aromatic rings. The smallest absolute Gasteiger partial charge is 0.201 e. The molecule has 4 aromatic carbocycles. The van der Waals surface area contributed by atoms with Crippen LogP contribution in [0.2, 0.25) is 0 Å². The minimum absolute atomic E-state index is 0.0644. The molecule has 0 amide bonds. The summed E-state index contributed by atoms with van der Waals surface area (Å²) < 4.78 is 33.9. The summed E-state index contributed by atoms with van der Waals surface area (Å²) in [5, 5.41) is 0. The van der Waals surface area contributed by atoms with Gasteiger partial charge in [0.15, 0.2) is 11.6 Å². The van der Waals surface area contributed by atoms with Crippen LogP contribution in [-0.4, -0.2) is 6.61 Å². The third-order valence-corrected chi connectivity index (χ3v) is 5.59. The van der Waals surface area contributed by atoms with Gasteiger partial charge < -0.3 is 4.74 Å². The van der Waals surface area contributed by atoms with Crippen LogP contribution in [0.4, 0.5) is 8.78 Å². The first-order valence-corrected chi connectivity index (χ1v) is 11.0. The lowest BCUT2D eigenvalue weighted by Crippen LogP contribution is -1.98. The topological polar surface area (TPSA) is 9.23 Å². The number of hydrogen-bond acceptors (Lipinski definition) is 1. The van der Waals surface area contributed by atoms with E-state index in [0.717, 1.165) is 24.0 Å². The van der Waals surface area contributed by atoms with Crippen molar-refractivity contribution >= 4 is 0 Å². The van der Waals surface area contributed by atoms with E-state index in [2.05, 4.69) is 55.5 Å². The number of aryl methyl sites for hydroxylation is 1. The van der Waals surface area contributed by atoms with Gasteiger partial charge in [-0.25, -0.2) is 4.39 Å². The SMILES string of the molecule is CCCc1ccc(-c2ccc(-c3ccc(-c4ccc(OCC)c(F)c4F)cc3)cc2)cc1. The van der Waals surface area contributed by atoms with Gasteiger partial charge in [0.2, 0.25) is 5.82 Å². The van der Waals surface area contributed by atoms with Gasteiger partial charge in [0.05, 0.1) is 6.61 Å². The molecule has 0 radical (unpaired) electrons. The first kappa shape index (κ1) is 21.8. The molecular formula is C29H26F2O. The average Bonchev–Trinajstić information content (AvgIpc) is 2.83. The summed E-state index contributed by atoms with van der Waals surface area (Å²) in [6.07, 6.45) is 2.25. The van der Waals surface area contributed by atoms with Crippen molar-refractivity contribution in [2.45, 2.75) is 26.7 Å². The van der Waals surface area contributed by atoms with E-state index in [4.69, 9.17) is 4.74 Å². The predicted octanol–water partition coefficient (Wildman–Crippen LogP) is 8.32. The van der Waals surface area contributed by atoms with Crippen molar-refractivity contribution in [1.82, 2.24) is 0 Å². The summed E-state index contributed by atoms with van der Waals surface area (Å²) in [4.78, 5) is 0. The van der Waals surface area contributed by atoms with E-state index < -0.39 is 11.6 Å². The molecule has 0 saturated heterocycles. The molecule has 0 unspecified atom stereocenters. The van der Waals surface area contributed by atoms with Gasteiger partial charge in [-0.2, -0.15) is 4.39 Å². The monoisotopic (exact) mass is 428 g/mol. The van der Waals surface area contributed by atoms with Crippen molar-refractivity contribution in [3.05, 3.63) is 102 Å². The Labute approximate surface area is 188 Å². The molecule has 162 valence electrons. The number of benzene rings is 4. The van der Waals surface area contributed by atoms with Crippen molar-refractivity contribution in [1.29, 1.82) is 0 Å². The summed E-state index contributed by atoms with van der Waals surface area (Å²) in [5.41, 5.74) is 6.65. The van der Waals surface area contributed by atoms with Crippen molar-refractivity contribution in [3.8, 4) is 39.1 Å². The van der Waals surface area contributed by atoms with E-state index in [1.54, 1.807) is 13.0 Å². The van der Waals surface area contributed by atoms with Crippen LogP contribution in [0.5, 0.6) is 5.75 Å². The molecule has 3 heteroatoms. The Morgan fingerprint density at radius 2 is 1.03 bits per heavy atom. The van der Waals surface area contributed by atoms with E-state index in [1.807, 2.05) is 24.3 Å². The molecule has 0 heterocycles. The summed E-state index contributed by atoms with van der Waals surface area (Å²) in [5.74, 6) is -1.91. The van der Waals surface area contributed by atoms with Gasteiger partial charge in [-0.15, -0.1) is 0 Å². The fraction of sp³-hybridized carbons (Fsp3) is 0.172. The zero-order valence-electron chi connectivity index (χ0n) is 18.4. The maximum atomic E-state index is 14.5. The van der Waals surface area contributed by atoms with Crippen LogP contribution in [0.15, 0.2) is 84.9 Å². The molecule has 0 aliphatic rings. The molecule has 0 aliphatic carbocycles. The Morgan fingerprint density at radius 1 is 0.562 bits per heavy atom. The van der Waals surface area contributed by atoms with Crippen molar-refractivity contribution in [2.75, 3.05) is 6.61 Å². The third-order valence-electron chi connectivity index (χ3n) is 5.59. The van der Waals surface area contributed by atoms with E-state index in [0.29, 0.717) is 5.56 Å². The summed E-state index contributed by atoms with van der Waals surface area (Å²) in [7, 11) is 0. The minimum Gasteiger partial charge on any atom is -0.491 e. The molecule has 32 heavy (non-hydrogen) atoms. The summed E-state index contributed by atoms with van der Waals surface area (Å²) >= 11 is 0. The van der Waals surface area contributed by atoms with Crippen LogP contribution in [-0.2, 0) is 6.42 Å². The highest BCUT2D eigenvalue weighted by molar-refractivity contribution is 5.73. The lowest BCUT2D eigenvalue weighted by Gasteiger charge is -2.10. The Balaban J connectivity index is 1.54. The first-order chi connectivity index (χ1) is 15.6. The molecule has 0 aromatic heterocycles. The van der Waals surface area contributed by atoms with Crippen molar-refractivity contribution in [3.63, 3.8) is 0 Å². The molecular weight excluding hydrogens is 402 g/mol. The van der Waals surface area contributed by atoms with Gasteiger partial charge >= 0.3 is 0 Å². The van der Waals surface area contributed by atoms with E-state index >= 15 is 0 Å². The highest BCUT2D eigenvalue weighted by Crippen LogP contribution is 2.32. The van der Waals surface area contributed by atoms with Gasteiger partial charge in [-0.3, -0.25) is 0 Å². The number of halogens is 2. The van der Waals surface area contributed by atoms with Gasteiger partial charge in [0.25, 0.3) is 0 Å². The highest BCUT2D eigenvalue weighted by atomic mass is 19.2. The maximum Gasteiger partial charge on any atom is 0.201 e. The normalized spacial score (nSPS) is 10.9. The number of rotatable bonds is 7. The van der Waals surface area contributed by atoms with Crippen LogP contribution in [0.25, 0.3) is 33.4 Å². The van der Waals surface area contributed by atoms with Crippen LogP contribution in [0.1, 0.15) is 25.8 Å². The Morgan fingerprint density at radius 3 is 1.50 bits per heavy atom. The maximum absolute atomic E-state index is 14.5. The molecule has 0 atom stereocenters. The van der Waals surface area contributed by atoms with Gasteiger partial charge in [0.1, 0.15) is 0 Å². The Hall–Kier alpha value is -3.46. The second kappa shape index (κ2) is 9.78. The summed E-state index contributed by atoms with van der Waals surface area (Å²) in [6, 6.07) is 27.6. The lowest BCUT2D eigenvalue weighted by molar-refractivity contribution is 0.314. The molecule has 4 rings (SSSR count). The van der Waals surface area contributed by atoms with Crippen molar-refractivity contribution < 1.29 is 13.5 Å². The molecule has 0 bridgehead atoms. The lowest BCUT2D eigenvalue weighted by atomic mass is 9.97. The van der Waals surface area contributed by atoms with Crippen LogP contribution < -0.4 is 4.74 Å². The Kier molecular flexibility index (Phi) is 6.65. The van der Waals surface area contributed by atoms with E-state index in [-0.39, 0.29) is 17.9 Å². The fourth-order valence-corrected chi connectivity index (χ4v) is 3.87. The van der Waals surface area contributed by atoms with E-state index in [9.17, 15) is 8.78 Å². The van der Waals surface area contributed by atoms with E-state index in [1.165, 1.54) is 22.8 Å². The largest absolute Gasteiger partial charge is 0.491 e. The quantitative estimate of drug-likeness (QED) is 0.287. The molecule has 0 aliphatic heterocycles. The molecule has 0 spiro atoms. The van der Waals surface area contributed by atoms with Gasteiger partial charge in [-0.05, 0) is 58.9 Å². The molecule has 0 saturated carbocycles. The fourth-order valence-electron chi connectivity index (χ4n) is 3.87. The zero-order chi connectivity index (χ0) is 22.5. The molecule has 0 fully saturated rings.